The van der Waals surface area contributed by atoms with Crippen molar-refractivity contribution in [1.29, 1.82) is 0 Å². The Bertz CT molecular complexity index is 2600. The molecule has 8 aliphatic rings. The minimum Gasteiger partial charge on any atom is -0.432 e. The SMILES string of the molecule is O=C(OCCN1C(=O)C=CC1=O)OCCN1C(=O)C=CC1=O.O=C1C=CC(=O)N1CCCCCCCCCCCCN1C(=O)C=CC1=O.O=C1C=CC(=O)N1CCCN1C(=O)C=CC1=O.O=C1C=CC(=O)N1CCCOCCCCOCCCN1C(=O)C=CC1=O. The van der Waals surface area contributed by atoms with Gasteiger partial charge in [-0.05, 0) is 44.9 Å². The molecule has 0 aromatic rings. The molecule has 0 spiro atoms. The Morgan fingerprint density at radius 2 is 0.363 bits per heavy atom. The third-order valence-electron chi connectivity index (χ3n) is 14.2. The molecule has 0 saturated heterocycles. The van der Waals surface area contributed by atoms with E-state index in [0.717, 1.165) is 95.3 Å². The second-order valence-corrected chi connectivity index (χ2v) is 20.8. The molecule has 0 saturated carbocycles. The molecule has 8 heterocycles. The van der Waals surface area contributed by atoms with Gasteiger partial charge in [0.25, 0.3) is 94.5 Å². The van der Waals surface area contributed by atoms with Crippen LogP contribution in [0.5, 0.6) is 0 Å². The van der Waals surface area contributed by atoms with E-state index in [1.165, 1.54) is 118 Å². The van der Waals surface area contributed by atoms with Crippen molar-refractivity contribution in [3.63, 3.8) is 0 Å². The molecule has 16 amide bonds. The molecular formula is C62H74N8O21. The summed E-state index contributed by atoms with van der Waals surface area (Å²) >= 11 is 0. The normalized spacial score (nSPS) is 17.1. The van der Waals surface area contributed by atoms with E-state index in [9.17, 15) is 81.5 Å². The predicted molar refractivity (Wildman–Crippen MR) is 315 cm³/mol. The van der Waals surface area contributed by atoms with E-state index in [1.54, 1.807) is 0 Å². The number of imide groups is 8. The van der Waals surface area contributed by atoms with Crippen LogP contribution in [0.1, 0.15) is 96.3 Å². The number of nitrogens with zero attached hydrogens (tertiary/aromatic N) is 8. The summed E-state index contributed by atoms with van der Waals surface area (Å²) in [4.78, 5) is 201. The summed E-state index contributed by atoms with van der Waals surface area (Å²) in [6.07, 6.45) is 33.0. The Balaban J connectivity index is 0.000000223. The maximum absolute atomic E-state index is 11.4. The highest BCUT2D eigenvalue weighted by molar-refractivity contribution is 6.16. The van der Waals surface area contributed by atoms with Crippen LogP contribution in [-0.4, -0.2) is 232 Å². The van der Waals surface area contributed by atoms with Gasteiger partial charge >= 0.3 is 6.16 Å². The van der Waals surface area contributed by atoms with Crippen molar-refractivity contribution in [2.45, 2.75) is 96.3 Å². The van der Waals surface area contributed by atoms with E-state index in [-0.39, 0.29) is 110 Å². The van der Waals surface area contributed by atoms with Crippen LogP contribution < -0.4 is 0 Å². The maximum atomic E-state index is 11.4. The third-order valence-corrected chi connectivity index (χ3v) is 14.2. The van der Waals surface area contributed by atoms with Crippen molar-refractivity contribution in [3.8, 4) is 0 Å². The molecule has 0 unspecified atom stereocenters. The van der Waals surface area contributed by atoms with Crippen LogP contribution in [0.25, 0.3) is 0 Å². The first-order valence-corrected chi connectivity index (χ1v) is 30.0. The standard InChI is InChI=1S/C20H28N2O4.C18H24N2O6.C13H12N2O7.C11H10N2O4/c23-17-11-12-18(24)21(17)15-9-7-5-3-1-2-4-6-8-10-16-22-19(25)13-14-20(22)26;21-15-5-6-16(22)19(15)9-3-13-25-11-1-2-12-26-14-4-10-20-17(23)7-8-18(20)24;16-9-1-2-10(17)14(9)5-7-21-13(20)22-8-6-15-11(18)3-4-12(15)19;14-8-2-3-9(15)12(8)6-1-7-13-10(16)4-5-11(13)17/h11-14H,1-10,15-16H2;5-8H,1-4,9-14H2;1-4H,5-8H2;2-5H,1,6-7H2. The molecule has 0 radical (unpaired) electrons. The molecule has 0 bridgehead atoms. The van der Waals surface area contributed by atoms with Gasteiger partial charge in [0, 0.05) is 163 Å². The maximum Gasteiger partial charge on any atom is 0.508 e. The number of hydrogen-bond acceptors (Lipinski definition) is 21. The van der Waals surface area contributed by atoms with E-state index in [4.69, 9.17) is 9.47 Å². The van der Waals surface area contributed by atoms with Crippen LogP contribution in [-0.2, 0) is 95.7 Å². The van der Waals surface area contributed by atoms with Gasteiger partial charge in [0.2, 0.25) is 0 Å². The largest absolute Gasteiger partial charge is 0.508 e. The van der Waals surface area contributed by atoms with Gasteiger partial charge in [0.1, 0.15) is 13.2 Å². The van der Waals surface area contributed by atoms with E-state index < -0.39 is 29.8 Å². The summed E-state index contributed by atoms with van der Waals surface area (Å²) in [6.45, 7) is 3.89. The minimum atomic E-state index is -1.01. The van der Waals surface area contributed by atoms with Crippen LogP contribution in [0, 0.1) is 0 Å². The first kappa shape index (κ1) is 72.0. The van der Waals surface area contributed by atoms with Crippen LogP contribution in [0.4, 0.5) is 4.79 Å². The van der Waals surface area contributed by atoms with Gasteiger partial charge in [0.15, 0.2) is 0 Å². The molecule has 29 heteroatoms. The summed E-state index contributed by atoms with van der Waals surface area (Å²) in [6, 6.07) is 0. The number of amides is 16. The molecule has 0 atom stereocenters. The molecule has 0 aliphatic carbocycles. The summed E-state index contributed by atoms with van der Waals surface area (Å²) in [5.41, 5.74) is 0. The molecule has 0 aromatic heterocycles. The van der Waals surface area contributed by atoms with Gasteiger partial charge in [-0.2, -0.15) is 0 Å². The first-order valence-electron chi connectivity index (χ1n) is 30.0. The second-order valence-electron chi connectivity index (χ2n) is 20.8. The topological polar surface area (TPSA) is 353 Å². The number of carbonyl (C=O) groups excluding carboxylic acids is 17. The monoisotopic (exact) mass is 1270 g/mol. The summed E-state index contributed by atoms with van der Waals surface area (Å²) in [5, 5.41) is 0. The lowest BCUT2D eigenvalue weighted by Gasteiger charge is -2.17. The molecule has 8 aliphatic heterocycles. The summed E-state index contributed by atoms with van der Waals surface area (Å²) in [7, 11) is 0. The van der Waals surface area contributed by atoms with Gasteiger partial charge < -0.3 is 18.9 Å². The van der Waals surface area contributed by atoms with E-state index in [2.05, 4.69) is 9.47 Å². The zero-order chi connectivity index (χ0) is 66.1. The van der Waals surface area contributed by atoms with Crippen LogP contribution in [0.2, 0.25) is 0 Å². The Labute approximate surface area is 524 Å². The van der Waals surface area contributed by atoms with Crippen molar-refractivity contribution in [3.05, 3.63) is 97.2 Å². The fourth-order valence-electron chi connectivity index (χ4n) is 9.30. The fourth-order valence-corrected chi connectivity index (χ4v) is 9.30. The quantitative estimate of drug-likeness (QED) is 0.0486. The Kier molecular flexibility index (Phi) is 30.5. The lowest BCUT2D eigenvalue weighted by atomic mass is 10.1. The van der Waals surface area contributed by atoms with E-state index in [0.29, 0.717) is 71.9 Å². The smallest absolute Gasteiger partial charge is 0.432 e. The van der Waals surface area contributed by atoms with Crippen LogP contribution >= 0.6 is 0 Å². The van der Waals surface area contributed by atoms with Crippen molar-refractivity contribution in [2.24, 2.45) is 0 Å². The van der Waals surface area contributed by atoms with Crippen molar-refractivity contribution >= 4 is 101 Å². The molecule has 29 nitrogen and oxygen atoms in total. The van der Waals surface area contributed by atoms with Crippen LogP contribution in [0.3, 0.4) is 0 Å². The second kappa shape index (κ2) is 38.6. The number of ether oxygens (including phenoxy) is 4. The number of carbonyl (C=O) groups is 17. The number of hydrogen-bond donors (Lipinski definition) is 0. The molecule has 0 aromatic carbocycles. The average molecular weight is 1270 g/mol. The average Bonchev–Trinajstić information content (AvgIpc) is 3.30. The van der Waals surface area contributed by atoms with Gasteiger partial charge in [-0.3, -0.25) is 116 Å². The van der Waals surface area contributed by atoms with Gasteiger partial charge in [0.05, 0.1) is 13.1 Å². The van der Waals surface area contributed by atoms with Crippen molar-refractivity contribution < 1.29 is 100 Å². The van der Waals surface area contributed by atoms with Gasteiger partial charge in [-0.1, -0.05) is 51.4 Å². The first-order chi connectivity index (χ1) is 43.8. The Morgan fingerprint density at radius 3 is 0.582 bits per heavy atom. The lowest BCUT2D eigenvalue weighted by Crippen LogP contribution is -2.36. The number of rotatable bonds is 36. The lowest BCUT2D eigenvalue weighted by molar-refractivity contribution is -0.139. The van der Waals surface area contributed by atoms with Gasteiger partial charge in [-0.15, -0.1) is 0 Å². The third kappa shape index (κ3) is 24.3. The summed E-state index contributed by atoms with van der Waals surface area (Å²) < 4.78 is 20.3. The molecular weight excluding hydrogens is 1190 g/mol. The zero-order valence-corrected chi connectivity index (χ0v) is 50.4. The van der Waals surface area contributed by atoms with Crippen molar-refractivity contribution in [1.82, 2.24) is 39.2 Å². The molecule has 488 valence electrons. The van der Waals surface area contributed by atoms with Crippen LogP contribution in [0.15, 0.2) is 97.2 Å². The highest BCUT2D eigenvalue weighted by Gasteiger charge is 2.29. The highest BCUT2D eigenvalue weighted by Crippen LogP contribution is 2.15. The highest BCUT2D eigenvalue weighted by atomic mass is 16.7. The summed E-state index contributed by atoms with van der Waals surface area (Å²) in [5.74, 6) is -5.11. The predicted octanol–water partition coefficient (Wildman–Crippen LogP) is 1.38. The minimum absolute atomic E-state index is 0.0766. The van der Waals surface area contributed by atoms with Crippen molar-refractivity contribution in [2.75, 3.05) is 92.0 Å². The molecule has 0 N–H and O–H groups in total. The molecule has 91 heavy (non-hydrogen) atoms. The Hall–Kier alpha value is -9.77. The molecule has 0 fully saturated rings. The zero-order valence-electron chi connectivity index (χ0n) is 50.4. The van der Waals surface area contributed by atoms with E-state index in [1.807, 2.05) is 0 Å². The van der Waals surface area contributed by atoms with E-state index >= 15 is 0 Å². The number of unbranched alkanes of at least 4 members (excludes halogenated alkanes) is 10. The fraction of sp³-hybridized carbons (Fsp3) is 0.468. The molecule has 8 rings (SSSR count). The Morgan fingerprint density at radius 1 is 0.198 bits per heavy atom. The van der Waals surface area contributed by atoms with Gasteiger partial charge in [-0.25, -0.2) is 4.79 Å².